The number of benzene rings is 1. The number of nitrogens with one attached hydrogen (secondary N) is 3. The highest BCUT2D eigenvalue weighted by atomic mass is 16.2. The van der Waals surface area contributed by atoms with Gasteiger partial charge in [-0.25, -0.2) is 4.79 Å². The SMILES string of the molecule is CCCCNC(=O)Nc1cccc(C(=O)NC)c1C. The molecule has 0 fully saturated rings. The molecule has 0 aliphatic carbocycles. The van der Waals surface area contributed by atoms with Gasteiger partial charge in [-0.1, -0.05) is 19.4 Å². The van der Waals surface area contributed by atoms with Gasteiger partial charge in [-0.15, -0.1) is 0 Å². The lowest BCUT2D eigenvalue weighted by Crippen LogP contribution is -2.30. The van der Waals surface area contributed by atoms with Gasteiger partial charge in [0.25, 0.3) is 5.91 Å². The summed E-state index contributed by atoms with van der Waals surface area (Å²) >= 11 is 0. The van der Waals surface area contributed by atoms with Crippen LogP contribution < -0.4 is 16.0 Å². The van der Waals surface area contributed by atoms with Crippen molar-refractivity contribution < 1.29 is 9.59 Å². The molecule has 3 amide bonds. The van der Waals surface area contributed by atoms with Crippen LogP contribution in [0.15, 0.2) is 18.2 Å². The highest BCUT2D eigenvalue weighted by Gasteiger charge is 2.11. The van der Waals surface area contributed by atoms with E-state index in [1.54, 1.807) is 25.2 Å². The van der Waals surface area contributed by atoms with Crippen LogP contribution in [0.2, 0.25) is 0 Å². The zero-order valence-electron chi connectivity index (χ0n) is 11.7. The topological polar surface area (TPSA) is 70.2 Å². The van der Waals surface area contributed by atoms with Crippen molar-refractivity contribution in [3.05, 3.63) is 29.3 Å². The first kappa shape index (κ1) is 15.0. The molecule has 104 valence electrons. The molecule has 5 nitrogen and oxygen atoms in total. The smallest absolute Gasteiger partial charge is 0.319 e. The summed E-state index contributed by atoms with van der Waals surface area (Å²) in [5, 5.41) is 8.11. The molecule has 5 heteroatoms. The number of amides is 3. The third-order valence-electron chi connectivity index (χ3n) is 2.87. The third-order valence-corrected chi connectivity index (χ3v) is 2.87. The first-order valence-electron chi connectivity index (χ1n) is 6.46. The number of hydrogen-bond acceptors (Lipinski definition) is 2. The van der Waals surface area contributed by atoms with Crippen molar-refractivity contribution in [1.82, 2.24) is 10.6 Å². The van der Waals surface area contributed by atoms with Crippen LogP contribution in [0.3, 0.4) is 0 Å². The molecule has 0 bridgehead atoms. The number of anilines is 1. The summed E-state index contributed by atoms with van der Waals surface area (Å²) < 4.78 is 0. The second kappa shape index (κ2) is 7.41. The summed E-state index contributed by atoms with van der Waals surface area (Å²) in [6.07, 6.45) is 1.98. The van der Waals surface area contributed by atoms with Crippen LogP contribution >= 0.6 is 0 Å². The number of carbonyl (C=O) groups excluding carboxylic acids is 2. The molecule has 1 aromatic rings. The molecule has 0 unspecified atom stereocenters. The van der Waals surface area contributed by atoms with Crippen molar-refractivity contribution in [2.75, 3.05) is 18.9 Å². The second-order valence-corrected chi connectivity index (χ2v) is 4.29. The molecule has 0 heterocycles. The van der Waals surface area contributed by atoms with Gasteiger partial charge in [0.05, 0.1) is 0 Å². The van der Waals surface area contributed by atoms with Crippen LogP contribution in [0.1, 0.15) is 35.7 Å². The molecule has 0 aliphatic rings. The van der Waals surface area contributed by atoms with E-state index >= 15 is 0 Å². The van der Waals surface area contributed by atoms with Gasteiger partial charge in [-0.3, -0.25) is 4.79 Å². The number of urea groups is 1. The van der Waals surface area contributed by atoms with Crippen LogP contribution in [0, 0.1) is 6.92 Å². The normalized spacial score (nSPS) is 9.84. The quantitative estimate of drug-likeness (QED) is 0.713. The number of hydrogen-bond donors (Lipinski definition) is 3. The van der Waals surface area contributed by atoms with E-state index in [-0.39, 0.29) is 11.9 Å². The molecular formula is C14H21N3O2. The average Bonchev–Trinajstić information content (AvgIpc) is 2.40. The maximum absolute atomic E-state index is 11.7. The van der Waals surface area contributed by atoms with Crippen LogP contribution in [0.4, 0.5) is 10.5 Å². The van der Waals surface area contributed by atoms with Gasteiger partial charge in [0.1, 0.15) is 0 Å². The first-order valence-corrected chi connectivity index (χ1v) is 6.46. The van der Waals surface area contributed by atoms with E-state index in [1.165, 1.54) is 0 Å². The van der Waals surface area contributed by atoms with Gasteiger partial charge in [0, 0.05) is 24.8 Å². The highest BCUT2D eigenvalue weighted by molar-refractivity contribution is 5.98. The molecule has 0 atom stereocenters. The zero-order valence-corrected chi connectivity index (χ0v) is 11.7. The van der Waals surface area contributed by atoms with Crippen LogP contribution in [-0.2, 0) is 0 Å². The van der Waals surface area contributed by atoms with Crippen LogP contribution in [0.25, 0.3) is 0 Å². The molecular weight excluding hydrogens is 242 g/mol. The van der Waals surface area contributed by atoms with Crippen LogP contribution in [-0.4, -0.2) is 25.5 Å². The lowest BCUT2D eigenvalue weighted by Gasteiger charge is -2.12. The number of rotatable bonds is 5. The molecule has 3 N–H and O–H groups in total. The monoisotopic (exact) mass is 263 g/mol. The van der Waals surface area contributed by atoms with Crippen molar-refractivity contribution in [3.63, 3.8) is 0 Å². The molecule has 19 heavy (non-hydrogen) atoms. The van der Waals surface area contributed by atoms with E-state index in [1.807, 2.05) is 6.92 Å². The minimum Gasteiger partial charge on any atom is -0.355 e. The van der Waals surface area contributed by atoms with Crippen molar-refractivity contribution in [1.29, 1.82) is 0 Å². The molecule has 1 aromatic carbocycles. The van der Waals surface area contributed by atoms with Gasteiger partial charge in [0.2, 0.25) is 0 Å². The average molecular weight is 263 g/mol. The fraction of sp³-hybridized carbons (Fsp3) is 0.429. The van der Waals surface area contributed by atoms with E-state index in [4.69, 9.17) is 0 Å². The van der Waals surface area contributed by atoms with Crippen LogP contribution in [0.5, 0.6) is 0 Å². The maximum atomic E-state index is 11.7. The lowest BCUT2D eigenvalue weighted by molar-refractivity contribution is 0.0962. The molecule has 0 saturated carbocycles. The number of carbonyl (C=O) groups is 2. The molecule has 0 radical (unpaired) electrons. The summed E-state index contributed by atoms with van der Waals surface area (Å²) in [7, 11) is 1.58. The fourth-order valence-electron chi connectivity index (χ4n) is 1.70. The predicted molar refractivity (Wildman–Crippen MR) is 76.5 cm³/mol. The Labute approximate surface area is 113 Å². The standard InChI is InChI=1S/C14H21N3O2/c1-4-5-9-16-14(19)17-12-8-6-7-11(10(12)2)13(18)15-3/h6-8H,4-5,9H2,1-3H3,(H,15,18)(H2,16,17,19). The molecule has 0 spiro atoms. The maximum Gasteiger partial charge on any atom is 0.319 e. The first-order chi connectivity index (χ1) is 9.10. The minimum atomic E-state index is -0.245. The van der Waals surface area contributed by atoms with Crippen molar-refractivity contribution >= 4 is 17.6 Å². The Morgan fingerprint density at radius 2 is 2.00 bits per heavy atom. The molecule has 0 aromatic heterocycles. The van der Waals surface area contributed by atoms with Gasteiger partial charge in [0.15, 0.2) is 0 Å². The van der Waals surface area contributed by atoms with Gasteiger partial charge in [-0.2, -0.15) is 0 Å². The Hall–Kier alpha value is -2.04. The van der Waals surface area contributed by atoms with Gasteiger partial charge >= 0.3 is 6.03 Å². The number of unbranched alkanes of at least 4 members (excludes halogenated alkanes) is 1. The summed E-state index contributed by atoms with van der Waals surface area (Å²) in [5.74, 6) is -0.160. The second-order valence-electron chi connectivity index (χ2n) is 4.29. The minimum absolute atomic E-state index is 0.160. The van der Waals surface area contributed by atoms with Crippen molar-refractivity contribution in [3.8, 4) is 0 Å². The Morgan fingerprint density at radius 3 is 2.63 bits per heavy atom. The van der Waals surface area contributed by atoms with Gasteiger partial charge in [-0.05, 0) is 31.0 Å². The van der Waals surface area contributed by atoms with E-state index in [9.17, 15) is 9.59 Å². The largest absolute Gasteiger partial charge is 0.355 e. The predicted octanol–water partition coefficient (Wildman–Crippen LogP) is 2.28. The van der Waals surface area contributed by atoms with Crippen molar-refractivity contribution in [2.24, 2.45) is 0 Å². The van der Waals surface area contributed by atoms with E-state index < -0.39 is 0 Å². The Balaban J connectivity index is 2.73. The summed E-state index contributed by atoms with van der Waals surface area (Å²) in [5.41, 5.74) is 1.97. The highest BCUT2D eigenvalue weighted by Crippen LogP contribution is 2.18. The Kier molecular flexibility index (Phi) is 5.85. The van der Waals surface area contributed by atoms with E-state index in [0.717, 1.165) is 18.4 Å². The molecule has 0 saturated heterocycles. The van der Waals surface area contributed by atoms with Gasteiger partial charge < -0.3 is 16.0 Å². The zero-order chi connectivity index (χ0) is 14.3. The molecule has 1 rings (SSSR count). The summed E-state index contributed by atoms with van der Waals surface area (Å²) in [6, 6.07) is 5.01. The third kappa shape index (κ3) is 4.28. The molecule has 0 aliphatic heterocycles. The Morgan fingerprint density at radius 1 is 1.26 bits per heavy atom. The summed E-state index contributed by atoms with van der Waals surface area (Å²) in [4.78, 5) is 23.3. The van der Waals surface area contributed by atoms with E-state index in [0.29, 0.717) is 17.8 Å². The fourth-order valence-corrected chi connectivity index (χ4v) is 1.70. The Bertz CT molecular complexity index is 458. The summed E-state index contributed by atoms with van der Waals surface area (Å²) in [6.45, 7) is 4.53. The van der Waals surface area contributed by atoms with E-state index in [2.05, 4.69) is 22.9 Å². The van der Waals surface area contributed by atoms with Crippen molar-refractivity contribution in [2.45, 2.75) is 26.7 Å². The lowest BCUT2D eigenvalue weighted by atomic mass is 10.1.